The van der Waals surface area contributed by atoms with Gasteiger partial charge in [0, 0.05) is 43.4 Å². The topological polar surface area (TPSA) is 77.6 Å². The van der Waals surface area contributed by atoms with Crippen LogP contribution in [-0.4, -0.2) is 37.0 Å². The zero-order chi connectivity index (χ0) is 17.1. The fraction of sp³-hybridized carbons (Fsp3) is 0.294. The lowest BCUT2D eigenvalue weighted by Crippen LogP contribution is -2.28. The average molecular weight is 324 g/mol. The third-order valence-electron chi connectivity index (χ3n) is 4.01. The Balaban J connectivity index is 1.59. The minimum Gasteiger partial charge on any atom is -0.350 e. The van der Waals surface area contributed by atoms with Crippen molar-refractivity contribution in [2.24, 2.45) is 7.05 Å². The van der Waals surface area contributed by atoms with Gasteiger partial charge in [-0.2, -0.15) is 10.2 Å². The largest absolute Gasteiger partial charge is 0.350 e. The maximum absolute atomic E-state index is 12.3. The Labute approximate surface area is 140 Å². The molecule has 0 saturated carbocycles. The van der Waals surface area contributed by atoms with Gasteiger partial charge in [0.25, 0.3) is 5.91 Å². The van der Waals surface area contributed by atoms with Crippen LogP contribution < -0.4 is 5.32 Å². The van der Waals surface area contributed by atoms with E-state index in [4.69, 9.17) is 0 Å². The highest BCUT2D eigenvalue weighted by Crippen LogP contribution is 2.16. The van der Waals surface area contributed by atoms with Gasteiger partial charge in [0.1, 0.15) is 0 Å². The van der Waals surface area contributed by atoms with Gasteiger partial charge in [-0.15, -0.1) is 0 Å². The summed E-state index contributed by atoms with van der Waals surface area (Å²) in [6.45, 7) is 4.85. The molecule has 3 aromatic rings. The number of hydrogen-bond donors (Lipinski definition) is 1. The van der Waals surface area contributed by atoms with Crippen molar-refractivity contribution in [2.45, 2.75) is 20.4 Å². The summed E-state index contributed by atoms with van der Waals surface area (Å²) in [4.78, 5) is 16.3. The number of carbonyl (C=O) groups excluding carboxylic acids is 1. The standard InChI is InChI=1S/C17H20N6O/c1-12-16(13(2)22(3)21-12)17(24)19-8-9-23-11-15(10-20-23)14-4-6-18-7-5-14/h4-7,10-11H,8-9H2,1-3H3,(H,19,24). The Morgan fingerprint density at radius 2 is 1.96 bits per heavy atom. The lowest BCUT2D eigenvalue weighted by Gasteiger charge is -2.06. The summed E-state index contributed by atoms with van der Waals surface area (Å²) in [6.07, 6.45) is 7.28. The zero-order valence-electron chi connectivity index (χ0n) is 14.0. The number of aryl methyl sites for hydroxylation is 2. The van der Waals surface area contributed by atoms with Crippen LogP contribution in [0.15, 0.2) is 36.9 Å². The molecule has 0 atom stereocenters. The van der Waals surface area contributed by atoms with E-state index in [1.807, 2.05) is 50.1 Å². The number of carbonyl (C=O) groups is 1. The predicted octanol–water partition coefficient (Wildman–Crippen LogP) is 1.73. The van der Waals surface area contributed by atoms with Gasteiger partial charge in [0.2, 0.25) is 0 Å². The zero-order valence-corrected chi connectivity index (χ0v) is 14.0. The van der Waals surface area contributed by atoms with E-state index in [-0.39, 0.29) is 5.91 Å². The molecule has 0 radical (unpaired) electrons. The second kappa shape index (κ2) is 6.66. The van der Waals surface area contributed by atoms with E-state index in [0.717, 1.165) is 22.5 Å². The summed E-state index contributed by atoms with van der Waals surface area (Å²) < 4.78 is 3.54. The molecule has 0 bridgehead atoms. The summed E-state index contributed by atoms with van der Waals surface area (Å²) in [5.74, 6) is -0.0976. The molecule has 0 unspecified atom stereocenters. The van der Waals surface area contributed by atoms with E-state index >= 15 is 0 Å². The molecule has 0 saturated heterocycles. The highest BCUT2D eigenvalue weighted by atomic mass is 16.1. The number of amides is 1. The quantitative estimate of drug-likeness (QED) is 0.775. The van der Waals surface area contributed by atoms with Crippen LogP contribution in [0.1, 0.15) is 21.7 Å². The van der Waals surface area contributed by atoms with Crippen molar-refractivity contribution in [3.63, 3.8) is 0 Å². The predicted molar refractivity (Wildman–Crippen MR) is 90.5 cm³/mol. The van der Waals surface area contributed by atoms with Crippen LogP contribution in [0.4, 0.5) is 0 Å². The van der Waals surface area contributed by atoms with Crippen LogP contribution in [0.25, 0.3) is 11.1 Å². The van der Waals surface area contributed by atoms with Gasteiger partial charge in [-0.05, 0) is 31.5 Å². The Kier molecular flexibility index (Phi) is 4.41. The SMILES string of the molecule is Cc1nn(C)c(C)c1C(=O)NCCn1cc(-c2ccncc2)cn1. The van der Waals surface area contributed by atoms with E-state index in [1.54, 1.807) is 17.1 Å². The summed E-state index contributed by atoms with van der Waals surface area (Å²) in [5, 5.41) is 11.5. The van der Waals surface area contributed by atoms with Crippen molar-refractivity contribution in [1.82, 2.24) is 29.9 Å². The van der Waals surface area contributed by atoms with Crippen LogP contribution in [0, 0.1) is 13.8 Å². The van der Waals surface area contributed by atoms with E-state index in [2.05, 4.69) is 20.5 Å². The summed E-state index contributed by atoms with van der Waals surface area (Å²) in [5.41, 5.74) is 4.36. The average Bonchev–Trinajstić information content (AvgIpc) is 3.13. The van der Waals surface area contributed by atoms with Gasteiger partial charge >= 0.3 is 0 Å². The third-order valence-corrected chi connectivity index (χ3v) is 4.01. The molecule has 1 amide bonds. The van der Waals surface area contributed by atoms with Crippen molar-refractivity contribution >= 4 is 5.91 Å². The van der Waals surface area contributed by atoms with Crippen LogP contribution in [0.3, 0.4) is 0 Å². The van der Waals surface area contributed by atoms with Crippen molar-refractivity contribution in [2.75, 3.05) is 6.54 Å². The molecule has 0 aliphatic heterocycles. The molecule has 0 fully saturated rings. The molecule has 3 heterocycles. The van der Waals surface area contributed by atoms with Gasteiger partial charge in [-0.25, -0.2) is 0 Å². The first-order valence-corrected chi connectivity index (χ1v) is 7.77. The first-order chi connectivity index (χ1) is 11.6. The van der Waals surface area contributed by atoms with Crippen molar-refractivity contribution in [3.05, 3.63) is 53.9 Å². The maximum Gasteiger partial charge on any atom is 0.255 e. The number of nitrogens with zero attached hydrogens (tertiary/aromatic N) is 5. The monoisotopic (exact) mass is 324 g/mol. The molecular weight excluding hydrogens is 304 g/mol. The molecule has 7 nitrogen and oxygen atoms in total. The van der Waals surface area contributed by atoms with Gasteiger partial charge in [0.15, 0.2) is 0 Å². The van der Waals surface area contributed by atoms with Gasteiger partial charge in [-0.1, -0.05) is 0 Å². The summed E-state index contributed by atoms with van der Waals surface area (Å²) >= 11 is 0. The fourth-order valence-corrected chi connectivity index (χ4v) is 2.65. The molecule has 7 heteroatoms. The van der Waals surface area contributed by atoms with E-state index in [1.165, 1.54) is 0 Å². The molecule has 124 valence electrons. The van der Waals surface area contributed by atoms with Crippen molar-refractivity contribution < 1.29 is 4.79 Å². The Bertz CT molecular complexity index is 849. The molecule has 3 aromatic heterocycles. The van der Waals surface area contributed by atoms with Crippen LogP contribution in [-0.2, 0) is 13.6 Å². The van der Waals surface area contributed by atoms with Crippen LogP contribution in [0.5, 0.6) is 0 Å². The Hall–Kier alpha value is -2.96. The van der Waals surface area contributed by atoms with Gasteiger partial charge < -0.3 is 5.32 Å². The van der Waals surface area contributed by atoms with Gasteiger partial charge in [0.05, 0.1) is 24.0 Å². The van der Waals surface area contributed by atoms with Crippen molar-refractivity contribution in [1.29, 1.82) is 0 Å². The number of nitrogens with one attached hydrogen (secondary N) is 1. The molecule has 3 rings (SSSR count). The first kappa shape index (κ1) is 15.9. The highest BCUT2D eigenvalue weighted by molar-refractivity contribution is 5.96. The summed E-state index contributed by atoms with van der Waals surface area (Å²) in [6, 6.07) is 3.88. The second-order valence-corrected chi connectivity index (χ2v) is 5.65. The molecule has 0 aliphatic rings. The fourth-order valence-electron chi connectivity index (χ4n) is 2.65. The normalized spacial score (nSPS) is 10.8. The minimum atomic E-state index is -0.0976. The second-order valence-electron chi connectivity index (χ2n) is 5.65. The smallest absolute Gasteiger partial charge is 0.255 e. The van der Waals surface area contributed by atoms with Gasteiger partial charge in [-0.3, -0.25) is 19.1 Å². The number of rotatable bonds is 5. The van der Waals surface area contributed by atoms with E-state index in [0.29, 0.717) is 18.7 Å². The molecule has 0 aliphatic carbocycles. The van der Waals surface area contributed by atoms with Crippen LogP contribution in [0.2, 0.25) is 0 Å². The Morgan fingerprint density at radius 3 is 2.62 bits per heavy atom. The van der Waals surface area contributed by atoms with E-state index in [9.17, 15) is 4.79 Å². The molecule has 0 aromatic carbocycles. The third kappa shape index (κ3) is 3.19. The molecule has 1 N–H and O–H groups in total. The number of hydrogen-bond acceptors (Lipinski definition) is 4. The number of aromatic nitrogens is 5. The first-order valence-electron chi connectivity index (χ1n) is 7.77. The van der Waals surface area contributed by atoms with Crippen molar-refractivity contribution in [3.8, 4) is 11.1 Å². The minimum absolute atomic E-state index is 0.0976. The highest BCUT2D eigenvalue weighted by Gasteiger charge is 2.16. The summed E-state index contributed by atoms with van der Waals surface area (Å²) in [7, 11) is 1.84. The maximum atomic E-state index is 12.3. The van der Waals surface area contributed by atoms with Crippen LogP contribution >= 0.6 is 0 Å². The lowest BCUT2D eigenvalue weighted by molar-refractivity contribution is 0.0950. The number of pyridine rings is 1. The molecule has 0 spiro atoms. The van der Waals surface area contributed by atoms with E-state index < -0.39 is 0 Å². The lowest BCUT2D eigenvalue weighted by atomic mass is 10.1. The molecular formula is C17H20N6O. The molecule has 24 heavy (non-hydrogen) atoms. The Morgan fingerprint density at radius 1 is 1.21 bits per heavy atom.